The Labute approximate surface area is 101 Å². The second kappa shape index (κ2) is 6.33. The number of ether oxygens (including phenoxy) is 2. The molecule has 94 valence electrons. The fourth-order valence-corrected chi connectivity index (χ4v) is 1.28. The van der Waals surface area contributed by atoms with Crippen molar-refractivity contribution in [2.45, 2.75) is 12.7 Å². The number of hydrogen-bond donors (Lipinski definition) is 0. The molecule has 0 heterocycles. The highest BCUT2D eigenvalue weighted by Crippen LogP contribution is 2.32. The van der Waals surface area contributed by atoms with Crippen LogP contribution in [0.3, 0.4) is 0 Å². The summed E-state index contributed by atoms with van der Waals surface area (Å²) in [4.78, 5) is 13.4. The first-order chi connectivity index (χ1) is 8.62. The highest BCUT2D eigenvalue weighted by molar-refractivity contribution is 5.46. The van der Waals surface area contributed by atoms with Gasteiger partial charge in [-0.2, -0.15) is 19.0 Å². The van der Waals surface area contributed by atoms with Crippen LogP contribution in [0.4, 0.5) is 8.78 Å². The molecule has 0 saturated carbocycles. The molecule has 5 nitrogen and oxygen atoms in total. The lowest BCUT2D eigenvalue weighted by atomic mass is 10.1. The molecule has 1 unspecified atom stereocenters. The number of nitrogens with zero attached hydrogens (tertiary/aromatic N) is 2. The van der Waals surface area contributed by atoms with Crippen LogP contribution in [-0.2, 0) is 4.79 Å². The third kappa shape index (κ3) is 3.27. The number of hydrogen-bond acceptors (Lipinski definition) is 5. The summed E-state index contributed by atoms with van der Waals surface area (Å²) in [6.45, 7) is -3.02. The van der Waals surface area contributed by atoms with Gasteiger partial charge in [-0.25, -0.2) is 4.79 Å². The van der Waals surface area contributed by atoms with Gasteiger partial charge in [-0.1, -0.05) is 6.07 Å². The number of aliphatic imine (C=N–C) groups is 1. The Balaban J connectivity index is 3.17. The number of isocyanates is 1. The fourth-order valence-electron chi connectivity index (χ4n) is 1.28. The van der Waals surface area contributed by atoms with E-state index in [4.69, 9.17) is 10.00 Å². The topological polar surface area (TPSA) is 71.7 Å². The van der Waals surface area contributed by atoms with Crippen LogP contribution >= 0.6 is 0 Å². The van der Waals surface area contributed by atoms with Crippen molar-refractivity contribution in [3.8, 4) is 17.6 Å². The molecular formula is C11H8F2N2O3. The lowest BCUT2D eigenvalue weighted by Gasteiger charge is -2.11. The van der Waals surface area contributed by atoms with Gasteiger partial charge < -0.3 is 9.47 Å². The Bertz CT molecular complexity index is 508. The van der Waals surface area contributed by atoms with Crippen molar-refractivity contribution in [3.63, 3.8) is 0 Å². The first-order valence-electron chi connectivity index (χ1n) is 4.71. The Morgan fingerprint density at radius 3 is 2.61 bits per heavy atom. The van der Waals surface area contributed by atoms with E-state index >= 15 is 0 Å². The molecule has 1 aromatic carbocycles. The van der Waals surface area contributed by atoms with E-state index < -0.39 is 12.7 Å². The van der Waals surface area contributed by atoms with Crippen molar-refractivity contribution in [3.05, 3.63) is 23.8 Å². The smallest absolute Gasteiger partial charge is 0.387 e. The SMILES string of the molecule is COc1ccc(C(C#N)N=C=O)cc1OC(F)F. The van der Waals surface area contributed by atoms with Gasteiger partial charge in [-0.15, -0.1) is 0 Å². The number of rotatable bonds is 5. The van der Waals surface area contributed by atoms with Gasteiger partial charge in [0.25, 0.3) is 0 Å². The molecule has 0 spiro atoms. The standard InChI is InChI=1S/C11H8F2N2O3/c1-17-9-3-2-7(8(5-14)15-6-16)4-10(9)18-11(12)13/h2-4,8,11H,1H3. The molecule has 1 rings (SSSR count). The molecule has 1 atom stereocenters. The zero-order valence-electron chi connectivity index (χ0n) is 9.26. The average Bonchev–Trinajstić information content (AvgIpc) is 2.35. The molecule has 0 aliphatic carbocycles. The molecule has 0 aliphatic heterocycles. The van der Waals surface area contributed by atoms with Gasteiger partial charge in [0, 0.05) is 0 Å². The number of nitriles is 1. The van der Waals surface area contributed by atoms with Crippen molar-refractivity contribution in [2.24, 2.45) is 4.99 Å². The van der Waals surface area contributed by atoms with Crippen LogP contribution in [0.2, 0.25) is 0 Å². The molecule has 0 saturated heterocycles. The van der Waals surface area contributed by atoms with E-state index in [2.05, 4.69) is 9.73 Å². The van der Waals surface area contributed by atoms with Crippen LogP contribution in [-0.4, -0.2) is 19.8 Å². The summed E-state index contributed by atoms with van der Waals surface area (Å²) in [6, 6.07) is 4.54. The molecule has 18 heavy (non-hydrogen) atoms. The normalized spacial score (nSPS) is 11.3. The minimum absolute atomic E-state index is 0.0887. The predicted octanol–water partition coefficient (Wildman–Crippen LogP) is 2.20. The van der Waals surface area contributed by atoms with E-state index in [0.717, 1.165) is 0 Å². The molecule has 0 aromatic heterocycles. The van der Waals surface area contributed by atoms with Gasteiger partial charge in [0.1, 0.15) is 0 Å². The summed E-state index contributed by atoms with van der Waals surface area (Å²) >= 11 is 0. The minimum atomic E-state index is -3.02. The fraction of sp³-hybridized carbons (Fsp3) is 0.273. The summed E-state index contributed by atoms with van der Waals surface area (Å²) in [5.74, 6) is -0.142. The van der Waals surface area contributed by atoms with E-state index in [1.165, 1.54) is 31.4 Å². The van der Waals surface area contributed by atoms with E-state index in [9.17, 15) is 13.6 Å². The van der Waals surface area contributed by atoms with Crippen molar-refractivity contribution >= 4 is 6.08 Å². The second-order valence-electron chi connectivity index (χ2n) is 3.04. The predicted molar refractivity (Wildman–Crippen MR) is 56.1 cm³/mol. The molecule has 0 N–H and O–H groups in total. The van der Waals surface area contributed by atoms with Gasteiger partial charge in [-0.3, -0.25) is 0 Å². The molecule has 0 aliphatic rings. The Kier molecular flexibility index (Phi) is 4.78. The summed E-state index contributed by atoms with van der Waals surface area (Å²) in [5, 5.41) is 8.77. The lowest BCUT2D eigenvalue weighted by Crippen LogP contribution is -2.04. The third-order valence-electron chi connectivity index (χ3n) is 2.02. The van der Waals surface area contributed by atoms with Crippen LogP contribution < -0.4 is 9.47 Å². The number of alkyl halides is 2. The zero-order chi connectivity index (χ0) is 13.5. The van der Waals surface area contributed by atoms with Gasteiger partial charge in [0.15, 0.2) is 17.5 Å². The first-order valence-corrected chi connectivity index (χ1v) is 4.71. The largest absolute Gasteiger partial charge is 0.493 e. The molecule has 0 radical (unpaired) electrons. The average molecular weight is 254 g/mol. The Morgan fingerprint density at radius 1 is 1.39 bits per heavy atom. The quantitative estimate of drug-likeness (QED) is 0.596. The van der Waals surface area contributed by atoms with Gasteiger partial charge >= 0.3 is 6.61 Å². The number of benzene rings is 1. The van der Waals surface area contributed by atoms with Gasteiger partial charge in [0.05, 0.1) is 13.2 Å². The molecular weight excluding hydrogens is 246 g/mol. The number of carbonyl (C=O) groups excluding carboxylic acids is 1. The highest BCUT2D eigenvalue weighted by atomic mass is 19.3. The Hall–Kier alpha value is -2.45. The van der Waals surface area contributed by atoms with Crippen LogP contribution in [0.15, 0.2) is 23.2 Å². The van der Waals surface area contributed by atoms with E-state index in [0.29, 0.717) is 0 Å². The van der Waals surface area contributed by atoms with Crippen molar-refractivity contribution in [1.82, 2.24) is 0 Å². The second-order valence-corrected chi connectivity index (χ2v) is 3.04. The zero-order valence-corrected chi connectivity index (χ0v) is 9.26. The van der Waals surface area contributed by atoms with Crippen molar-refractivity contribution < 1.29 is 23.0 Å². The maximum atomic E-state index is 12.2. The third-order valence-corrected chi connectivity index (χ3v) is 2.02. The summed E-state index contributed by atoms with van der Waals surface area (Å²) in [7, 11) is 1.29. The molecule has 7 heteroatoms. The first kappa shape index (κ1) is 13.6. The van der Waals surface area contributed by atoms with E-state index in [1.54, 1.807) is 6.07 Å². The van der Waals surface area contributed by atoms with E-state index in [-0.39, 0.29) is 17.1 Å². The summed E-state index contributed by atoms with van der Waals surface area (Å²) in [5.41, 5.74) is 0.234. The number of methoxy groups -OCH3 is 1. The minimum Gasteiger partial charge on any atom is -0.493 e. The maximum Gasteiger partial charge on any atom is 0.387 e. The lowest BCUT2D eigenvalue weighted by molar-refractivity contribution is -0.0512. The monoisotopic (exact) mass is 254 g/mol. The van der Waals surface area contributed by atoms with Crippen molar-refractivity contribution in [1.29, 1.82) is 5.26 Å². The molecule has 1 aromatic rings. The van der Waals surface area contributed by atoms with E-state index in [1.807, 2.05) is 0 Å². The summed E-state index contributed by atoms with van der Waals surface area (Å²) < 4.78 is 33.4. The van der Waals surface area contributed by atoms with Crippen LogP contribution in [0.25, 0.3) is 0 Å². The number of halogens is 2. The molecule has 0 amide bonds. The highest BCUT2D eigenvalue weighted by Gasteiger charge is 2.15. The summed E-state index contributed by atoms with van der Waals surface area (Å²) in [6.07, 6.45) is 1.24. The maximum absolute atomic E-state index is 12.2. The molecule has 0 bridgehead atoms. The van der Waals surface area contributed by atoms with Crippen molar-refractivity contribution in [2.75, 3.05) is 7.11 Å². The van der Waals surface area contributed by atoms with Gasteiger partial charge in [0.2, 0.25) is 6.08 Å². The van der Waals surface area contributed by atoms with Gasteiger partial charge in [-0.05, 0) is 17.7 Å². The van der Waals surface area contributed by atoms with Crippen LogP contribution in [0.5, 0.6) is 11.5 Å². The van der Waals surface area contributed by atoms with Crippen LogP contribution in [0, 0.1) is 11.3 Å². The molecule has 0 fully saturated rings. The van der Waals surface area contributed by atoms with Crippen LogP contribution in [0.1, 0.15) is 11.6 Å². The Morgan fingerprint density at radius 2 is 2.11 bits per heavy atom.